The standard InChI is InChI=1S/C24H21BrClN3O3S/c1-4-19-20(14-5-7-15(25)8-6-14)21-23(33-19)27-12-29(24(21)31)13(2)22(30)28-17-11-16(26)9-10-18(17)32-3/h5-13H,4H2,1-3H3,(H,28,30). The Balaban J connectivity index is 1.77. The first-order valence-electron chi connectivity index (χ1n) is 10.3. The summed E-state index contributed by atoms with van der Waals surface area (Å²) in [4.78, 5) is 32.9. The highest BCUT2D eigenvalue weighted by atomic mass is 79.9. The van der Waals surface area contributed by atoms with Gasteiger partial charge in [-0.25, -0.2) is 4.98 Å². The summed E-state index contributed by atoms with van der Waals surface area (Å²) in [7, 11) is 1.51. The second kappa shape index (κ2) is 9.67. The summed E-state index contributed by atoms with van der Waals surface area (Å²) in [6.07, 6.45) is 2.21. The molecule has 1 N–H and O–H groups in total. The first kappa shape index (κ1) is 23.5. The third-order valence-corrected chi connectivity index (χ3v) is 7.39. The van der Waals surface area contributed by atoms with Gasteiger partial charge in [0, 0.05) is 19.9 Å². The van der Waals surface area contributed by atoms with E-state index in [9.17, 15) is 9.59 Å². The number of aromatic nitrogens is 2. The lowest BCUT2D eigenvalue weighted by Crippen LogP contribution is -2.31. The molecule has 9 heteroatoms. The van der Waals surface area contributed by atoms with Crippen LogP contribution < -0.4 is 15.6 Å². The molecule has 0 aliphatic carbocycles. The zero-order chi connectivity index (χ0) is 23.7. The molecule has 2 heterocycles. The predicted molar refractivity (Wildman–Crippen MR) is 138 cm³/mol. The van der Waals surface area contributed by atoms with E-state index in [1.54, 1.807) is 25.1 Å². The van der Waals surface area contributed by atoms with Crippen LogP contribution >= 0.6 is 38.9 Å². The number of halogens is 2. The Labute approximate surface area is 208 Å². The average Bonchev–Trinajstić information content (AvgIpc) is 3.19. The Morgan fingerprint density at radius 3 is 2.67 bits per heavy atom. The number of thiophene rings is 1. The number of nitrogens with zero attached hydrogens (tertiary/aromatic N) is 2. The molecule has 170 valence electrons. The van der Waals surface area contributed by atoms with Crippen molar-refractivity contribution in [1.29, 1.82) is 0 Å². The predicted octanol–water partition coefficient (Wildman–Crippen LogP) is 6.31. The molecule has 1 unspecified atom stereocenters. The molecule has 0 radical (unpaired) electrons. The molecule has 0 fully saturated rings. The summed E-state index contributed by atoms with van der Waals surface area (Å²) in [5.41, 5.74) is 2.00. The van der Waals surface area contributed by atoms with Crippen LogP contribution in [0.1, 0.15) is 24.8 Å². The number of aryl methyl sites for hydroxylation is 1. The molecule has 33 heavy (non-hydrogen) atoms. The summed E-state index contributed by atoms with van der Waals surface area (Å²) in [6, 6.07) is 12.0. The quantitative estimate of drug-likeness (QED) is 0.307. The number of methoxy groups -OCH3 is 1. The molecule has 0 bridgehead atoms. The highest BCUT2D eigenvalue weighted by Gasteiger charge is 2.23. The summed E-state index contributed by atoms with van der Waals surface area (Å²) in [6.45, 7) is 3.72. The van der Waals surface area contributed by atoms with Gasteiger partial charge in [-0.3, -0.25) is 14.2 Å². The van der Waals surface area contributed by atoms with Crippen LogP contribution in [0.4, 0.5) is 5.69 Å². The molecule has 0 aliphatic heterocycles. The third kappa shape index (κ3) is 4.55. The fourth-order valence-electron chi connectivity index (χ4n) is 3.64. The number of carbonyl (C=O) groups is 1. The van der Waals surface area contributed by atoms with Gasteiger partial charge < -0.3 is 10.1 Å². The van der Waals surface area contributed by atoms with E-state index >= 15 is 0 Å². The van der Waals surface area contributed by atoms with Crippen molar-refractivity contribution < 1.29 is 9.53 Å². The van der Waals surface area contributed by atoms with Gasteiger partial charge in [0.05, 0.1) is 24.5 Å². The molecule has 2 aromatic carbocycles. The van der Waals surface area contributed by atoms with Crippen LogP contribution in [0.2, 0.25) is 5.02 Å². The first-order valence-corrected chi connectivity index (χ1v) is 12.3. The maximum absolute atomic E-state index is 13.6. The highest BCUT2D eigenvalue weighted by molar-refractivity contribution is 9.10. The molecule has 6 nitrogen and oxygen atoms in total. The van der Waals surface area contributed by atoms with E-state index in [1.807, 2.05) is 24.3 Å². The SMILES string of the molecule is CCc1sc2ncn(C(C)C(=O)Nc3cc(Cl)ccc3OC)c(=O)c2c1-c1ccc(Br)cc1. The zero-order valence-electron chi connectivity index (χ0n) is 18.2. The minimum Gasteiger partial charge on any atom is -0.495 e. The van der Waals surface area contributed by atoms with Crippen LogP contribution in [0, 0.1) is 0 Å². The van der Waals surface area contributed by atoms with Crippen molar-refractivity contribution >= 4 is 60.7 Å². The van der Waals surface area contributed by atoms with Gasteiger partial charge in [-0.15, -0.1) is 11.3 Å². The van der Waals surface area contributed by atoms with Crippen molar-refractivity contribution in [3.05, 3.63) is 73.5 Å². The highest BCUT2D eigenvalue weighted by Crippen LogP contribution is 2.37. The molecule has 0 saturated carbocycles. The summed E-state index contributed by atoms with van der Waals surface area (Å²) in [5, 5.41) is 3.80. The van der Waals surface area contributed by atoms with Crippen LogP contribution in [0.25, 0.3) is 21.3 Å². The second-order valence-corrected chi connectivity index (χ2v) is 9.84. The lowest BCUT2D eigenvalue weighted by molar-refractivity contribution is -0.118. The van der Waals surface area contributed by atoms with E-state index < -0.39 is 6.04 Å². The van der Waals surface area contributed by atoms with E-state index in [1.165, 1.54) is 29.3 Å². The Morgan fingerprint density at radius 1 is 1.27 bits per heavy atom. The maximum Gasteiger partial charge on any atom is 0.263 e. The second-order valence-electron chi connectivity index (χ2n) is 7.41. The Hall–Kier alpha value is -2.68. The van der Waals surface area contributed by atoms with E-state index in [-0.39, 0.29) is 11.5 Å². The van der Waals surface area contributed by atoms with Crippen LogP contribution in [0.3, 0.4) is 0 Å². The van der Waals surface area contributed by atoms with Crippen molar-refractivity contribution in [2.24, 2.45) is 0 Å². The summed E-state index contributed by atoms with van der Waals surface area (Å²) >= 11 is 11.0. The molecule has 4 rings (SSSR count). The number of hydrogen-bond donors (Lipinski definition) is 1. The fraction of sp³-hybridized carbons (Fsp3) is 0.208. The van der Waals surface area contributed by atoms with Gasteiger partial charge in [0.25, 0.3) is 5.56 Å². The summed E-state index contributed by atoms with van der Waals surface area (Å²) in [5.74, 6) is 0.0961. The molecule has 4 aromatic rings. The Bertz CT molecular complexity index is 1400. The van der Waals surface area contributed by atoms with Crippen molar-refractivity contribution in [2.45, 2.75) is 26.3 Å². The van der Waals surface area contributed by atoms with Gasteiger partial charge in [0.2, 0.25) is 5.91 Å². The van der Waals surface area contributed by atoms with Gasteiger partial charge in [-0.2, -0.15) is 0 Å². The molecule has 0 aliphatic rings. The number of nitrogens with one attached hydrogen (secondary N) is 1. The van der Waals surface area contributed by atoms with Crippen LogP contribution in [0.15, 0.2) is 58.1 Å². The number of anilines is 1. The summed E-state index contributed by atoms with van der Waals surface area (Å²) < 4.78 is 7.62. The minimum atomic E-state index is -0.805. The lowest BCUT2D eigenvalue weighted by Gasteiger charge is -2.16. The molecule has 0 saturated heterocycles. The smallest absolute Gasteiger partial charge is 0.263 e. The van der Waals surface area contributed by atoms with E-state index in [4.69, 9.17) is 16.3 Å². The zero-order valence-corrected chi connectivity index (χ0v) is 21.3. The number of carbonyl (C=O) groups excluding carboxylic acids is 1. The molecule has 1 amide bonds. The van der Waals surface area contributed by atoms with Crippen molar-refractivity contribution in [2.75, 3.05) is 12.4 Å². The van der Waals surface area contributed by atoms with E-state index in [0.29, 0.717) is 26.7 Å². The van der Waals surface area contributed by atoms with E-state index in [0.717, 1.165) is 26.9 Å². The monoisotopic (exact) mass is 545 g/mol. The fourth-order valence-corrected chi connectivity index (χ4v) is 5.17. The number of rotatable bonds is 6. The lowest BCUT2D eigenvalue weighted by atomic mass is 10.0. The number of hydrogen-bond acceptors (Lipinski definition) is 5. The van der Waals surface area contributed by atoms with Crippen LogP contribution in [0.5, 0.6) is 5.75 Å². The number of ether oxygens (including phenoxy) is 1. The maximum atomic E-state index is 13.6. The van der Waals surface area contributed by atoms with Gasteiger partial charge in [0.1, 0.15) is 16.6 Å². The molecular weight excluding hydrogens is 526 g/mol. The van der Waals surface area contributed by atoms with Gasteiger partial charge in [0.15, 0.2) is 0 Å². The van der Waals surface area contributed by atoms with Crippen molar-refractivity contribution in [3.63, 3.8) is 0 Å². The topological polar surface area (TPSA) is 73.2 Å². The largest absolute Gasteiger partial charge is 0.495 e. The molecule has 0 spiro atoms. The van der Waals surface area contributed by atoms with Crippen molar-refractivity contribution in [3.8, 4) is 16.9 Å². The molecular formula is C24H21BrClN3O3S. The van der Waals surface area contributed by atoms with E-state index in [2.05, 4.69) is 33.2 Å². The first-order chi connectivity index (χ1) is 15.8. The van der Waals surface area contributed by atoms with Gasteiger partial charge >= 0.3 is 0 Å². The number of fused-ring (bicyclic) bond motifs is 1. The minimum absolute atomic E-state index is 0.255. The molecule has 1 atom stereocenters. The molecule has 2 aromatic heterocycles. The number of benzene rings is 2. The van der Waals surface area contributed by atoms with Gasteiger partial charge in [-0.05, 0) is 49.2 Å². The van der Waals surface area contributed by atoms with Gasteiger partial charge in [-0.1, -0.05) is 46.6 Å². The average molecular weight is 547 g/mol. The van der Waals surface area contributed by atoms with Crippen molar-refractivity contribution in [1.82, 2.24) is 9.55 Å². The third-order valence-electron chi connectivity index (χ3n) is 5.38. The Morgan fingerprint density at radius 2 is 2.00 bits per heavy atom. The Kier molecular flexibility index (Phi) is 6.88. The normalized spacial score (nSPS) is 12.0. The number of amides is 1. The van der Waals surface area contributed by atoms with Crippen LogP contribution in [-0.4, -0.2) is 22.6 Å². The van der Waals surface area contributed by atoms with Crippen LogP contribution in [-0.2, 0) is 11.2 Å².